The number of hydrogen-bond donors (Lipinski definition) is 0. The lowest BCUT2D eigenvalue weighted by atomic mass is 10.2. The first-order valence-corrected chi connectivity index (χ1v) is 9.69. The van der Waals surface area contributed by atoms with Crippen molar-refractivity contribution >= 4 is 15.9 Å². The summed E-state index contributed by atoms with van der Waals surface area (Å²) in [6, 6.07) is 6.94. The molecule has 1 heterocycles. The van der Waals surface area contributed by atoms with Crippen molar-refractivity contribution < 1.29 is 13.2 Å². The number of carbonyl (C=O) groups is 1. The quantitative estimate of drug-likeness (QED) is 0.847. The molecule has 0 aromatic heterocycles. The molecule has 126 valence electrons. The van der Waals surface area contributed by atoms with E-state index in [2.05, 4.69) is 6.92 Å². The van der Waals surface area contributed by atoms with Crippen molar-refractivity contribution in [3.63, 3.8) is 0 Å². The van der Waals surface area contributed by atoms with Gasteiger partial charge in [0, 0.05) is 32.1 Å². The lowest BCUT2D eigenvalue weighted by Crippen LogP contribution is -2.38. The van der Waals surface area contributed by atoms with Gasteiger partial charge in [0.1, 0.15) is 0 Å². The molecule has 1 saturated carbocycles. The maximum Gasteiger partial charge on any atom is 0.243 e. The second kappa shape index (κ2) is 6.24. The summed E-state index contributed by atoms with van der Waals surface area (Å²) in [5.41, 5.74) is 1.04. The number of nitrogens with zero attached hydrogens (tertiary/aromatic N) is 2. The van der Waals surface area contributed by atoms with Gasteiger partial charge in [-0.1, -0.05) is 24.6 Å². The molecular weight excluding hydrogens is 312 g/mol. The Bertz CT molecular complexity index is 684. The zero-order valence-electron chi connectivity index (χ0n) is 13.7. The van der Waals surface area contributed by atoms with Gasteiger partial charge in [0.05, 0.1) is 4.90 Å². The van der Waals surface area contributed by atoms with Crippen molar-refractivity contribution in [1.82, 2.24) is 9.21 Å². The molecule has 5 nitrogen and oxygen atoms in total. The molecule has 0 radical (unpaired) electrons. The number of aryl methyl sites for hydroxylation is 1. The van der Waals surface area contributed by atoms with Crippen molar-refractivity contribution in [2.75, 3.05) is 26.2 Å². The summed E-state index contributed by atoms with van der Waals surface area (Å²) >= 11 is 0. The summed E-state index contributed by atoms with van der Waals surface area (Å²) < 4.78 is 27.0. The molecule has 0 unspecified atom stereocenters. The zero-order chi connectivity index (χ0) is 16.6. The highest BCUT2D eigenvalue weighted by atomic mass is 32.2. The van der Waals surface area contributed by atoms with E-state index >= 15 is 0 Å². The van der Waals surface area contributed by atoms with Crippen LogP contribution in [0, 0.1) is 18.8 Å². The van der Waals surface area contributed by atoms with Gasteiger partial charge in [-0.25, -0.2) is 8.42 Å². The number of sulfonamides is 1. The molecule has 1 aliphatic carbocycles. The van der Waals surface area contributed by atoms with E-state index in [9.17, 15) is 13.2 Å². The van der Waals surface area contributed by atoms with Crippen LogP contribution in [0.2, 0.25) is 0 Å². The minimum Gasteiger partial charge on any atom is -0.341 e. The number of benzene rings is 1. The van der Waals surface area contributed by atoms with Crippen molar-refractivity contribution in [2.24, 2.45) is 11.8 Å². The highest BCUT2D eigenvalue weighted by Gasteiger charge is 2.42. The Morgan fingerprint density at radius 3 is 2.35 bits per heavy atom. The number of rotatable bonds is 3. The maximum absolute atomic E-state index is 12.7. The first-order chi connectivity index (χ1) is 10.9. The van der Waals surface area contributed by atoms with Crippen LogP contribution in [-0.4, -0.2) is 49.7 Å². The fourth-order valence-corrected chi connectivity index (χ4v) is 4.58. The van der Waals surface area contributed by atoms with Crippen LogP contribution in [0.4, 0.5) is 0 Å². The Hall–Kier alpha value is -1.40. The zero-order valence-corrected chi connectivity index (χ0v) is 14.6. The second-order valence-corrected chi connectivity index (χ2v) is 8.65. The van der Waals surface area contributed by atoms with Crippen LogP contribution in [0.25, 0.3) is 0 Å². The molecule has 6 heteroatoms. The van der Waals surface area contributed by atoms with E-state index < -0.39 is 10.0 Å². The lowest BCUT2D eigenvalue weighted by Gasteiger charge is -2.22. The molecule has 2 fully saturated rings. The Balaban J connectivity index is 1.69. The van der Waals surface area contributed by atoms with Crippen molar-refractivity contribution in [3.8, 4) is 0 Å². The first-order valence-electron chi connectivity index (χ1n) is 8.25. The smallest absolute Gasteiger partial charge is 0.243 e. The lowest BCUT2D eigenvalue weighted by molar-refractivity contribution is -0.132. The SMILES string of the molecule is Cc1ccc(S(=O)(=O)N2CCCN(C(=O)[C@@H]3C[C@@H]3C)CC2)cc1. The largest absolute Gasteiger partial charge is 0.341 e. The summed E-state index contributed by atoms with van der Waals surface area (Å²) in [6.45, 7) is 6.03. The predicted molar refractivity (Wildman–Crippen MR) is 88.4 cm³/mol. The molecular formula is C17H24N2O3S. The van der Waals surface area contributed by atoms with Gasteiger partial charge < -0.3 is 4.90 Å². The molecule has 23 heavy (non-hydrogen) atoms. The van der Waals surface area contributed by atoms with Crippen molar-refractivity contribution in [3.05, 3.63) is 29.8 Å². The third-order valence-electron chi connectivity index (χ3n) is 4.85. The van der Waals surface area contributed by atoms with Crippen molar-refractivity contribution in [1.29, 1.82) is 0 Å². The average Bonchev–Trinajstić information content (AvgIpc) is 3.28. The van der Waals surface area contributed by atoms with Crippen LogP contribution >= 0.6 is 0 Å². The third kappa shape index (κ3) is 3.43. The van der Waals surface area contributed by atoms with E-state index in [-0.39, 0.29) is 11.8 Å². The van der Waals surface area contributed by atoms with Crippen LogP contribution in [0.3, 0.4) is 0 Å². The minimum atomic E-state index is -3.47. The van der Waals surface area contributed by atoms with E-state index in [0.29, 0.717) is 43.4 Å². The molecule has 1 amide bonds. The normalized spacial score (nSPS) is 25.9. The molecule has 2 aliphatic rings. The van der Waals surface area contributed by atoms with E-state index in [1.165, 1.54) is 4.31 Å². The van der Waals surface area contributed by atoms with E-state index in [1.807, 2.05) is 24.0 Å². The summed E-state index contributed by atoms with van der Waals surface area (Å²) in [5.74, 6) is 0.848. The molecule has 3 rings (SSSR count). The van der Waals surface area contributed by atoms with Gasteiger partial charge in [-0.05, 0) is 37.8 Å². The fraction of sp³-hybridized carbons (Fsp3) is 0.588. The molecule has 1 aliphatic heterocycles. The second-order valence-electron chi connectivity index (χ2n) is 6.72. The molecule has 0 spiro atoms. The molecule has 2 atom stereocenters. The van der Waals surface area contributed by atoms with Crippen LogP contribution in [0.1, 0.15) is 25.3 Å². The number of hydrogen-bond acceptors (Lipinski definition) is 3. The third-order valence-corrected chi connectivity index (χ3v) is 6.76. The van der Waals surface area contributed by atoms with E-state index in [0.717, 1.165) is 12.0 Å². The Kier molecular flexibility index (Phi) is 4.47. The van der Waals surface area contributed by atoms with Crippen LogP contribution < -0.4 is 0 Å². The van der Waals surface area contributed by atoms with Crippen LogP contribution in [-0.2, 0) is 14.8 Å². The fourth-order valence-electron chi connectivity index (χ4n) is 3.11. The van der Waals surface area contributed by atoms with Gasteiger partial charge in [-0.3, -0.25) is 4.79 Å². The van der Waals surface area contributed by atoms with Crippen LogP contribution in [0.15, 0.2) is 29.2 Å². The van der Waals surface area contributed by atoms with E-state index in [1.54, 1.807) is 12.1 Å². The predicted octanol–water partition coefficient (Wildman–Crippen LogP) is 1.87. The Labute approximate surface area is 138 Å². The number of carbonyl (C=O) groups excluding carboxylic acids is 1. The minimum absolute atomic E-state index is 0.162. The highest BCUT2D eigenvalue weighted by Crippen LogP contribution is 2.39. The maximum atomic E-state index is 12.7. The Morgan fingerprint density at radius 1 is 1.09 bits per heavy atom. The van der Waals surface area contributed by atoms with Gasteiger partial charge in [0.15, 0.2) is 0 Å². The summed E-state index contributed by atoms with van der Waals surface area (Å²) in [4.78, 5) is 14.5. The standard InChI is InChI=1S/C17H24N2O3S/c1-13-4-6-15(7-5-13)23(21,22)19-9-3-8-18(10-11-19)17(20)16-12-14(16)2/h4-7,14,16H,3,8-12H2,1-2H3/t14-,16+/m0/s1. The van der Waals surface area contributed by atoms with Gasteiger partial charge in [-0.15, -0.1) is 0 Å². The summed E-state index contributed by atoms with van der Waals surface area (Å²) in [5, 5.41) is 0. The highest BCUT2D eigenvalue weighted by molar-refractivity contribution is 7.89. The number of amides is 1. The van der Waals surface area contributed by atoms with Crippen molar-refractivity contribution in [2.45, 2.75) is 31.6 Å². The van der Waals surface area contributed by atoms with Gasteiger partial charge in [0.2, 0.25) is 15.9 Å². The molecule has 1 aromatic rings. The van der Waals surface area contributed by atoms with Crippen LogP contribution in [0.5, 0.6) is 0 Å². The van der Waals surface area contributed by atoms with Gasteiger partial charge in [0.25, 0.3) is 0 Å². The average molecular weight is 336 g/mol. The summed E-state index contributed by atoms with van der Waals surface area (Å²) in [7, 11) is -3.47. The molecule has 1 saturated heterocycles. The monoisotopic (exact) mass is 336 g/mol. The molecule has 0 bridgehead atoms. The Morgan fingerprint density at radius 2 is 1.74 bits per heavy atom. The van der Waals surface area contributed by atoms with E-state index in [4.69, 9.17) is 0 Å². The molecule has 1 aromatic carbocycles. The molecule has 0 N–H and O–H groups in total. The van der Waals surface area contributed by atoms with Gasteiger partial charge >= 0.3 is 0 Å². The topological polar surface area (TPSA) is 57.7 Å². The summed E-state index contributed by atoms with van der Waals surface area (Å²) in [6.07, 6.45) is 1.67. The van der Waals surface area contributed by atoms with Gasteiger partial charge in [-0.2, -0.15) is 4.31 Å². The first kappa shape index (κ1) is 16.5.